The van der Waals surface area contributed by atoms with Crippen molar-refractivity contribution in [1.29, 1.82) is 0 Å². The van der Waals surface area contributed by atoms with E-state index >= 15 is 0 Å². The molecule has 0 spiro atoms. The average Bonchev–Trinajstić information content (AvgIpc) is 3.25. The summed E-state index contributed by atoms with van der Waals surface area (Å²) in [6.07, 6.45) is 6.48. The molecule has 0 aromatic heterocycles. The number of carbonyl (C=O) groups is 2. The van der Waals surface area contributed by atoms with Crippen LogP contribution in [0.4, 0.5) is 0 Å². The molecular formula is C17H30N4O2. The molecule has 0 aromatic rings. The highest BCUT2D eigenvalue weighted by molar-refractivity contribution is 5.85. The fraction of sp³-hybridized carbons (Fsp3) is 0.882. The van der Waals surface area contributed by atoms with Crippen LogP contribution in [-0.4, -0.2) is 73.5 Å². The summed E-state index contributed by atoms with van der Waals surface area (Å²) in [5, 5.41) is 6.19. The summed E-state index contributed by atoms with van der Waals surface area (Å²) in [6, 6.07) is 0.496. The van der Waals surface area contributed by atoms with Gasteiger partial charge in [-0.3, -0.25) is 14.5 Å². The second-order valence-corrected chi connectivity index (χ2v) is 7.20. The number of carbonyl (C=O) groups excluding carboxylic acids is 2. The fourth-order valence-electron chi connectivity index (χ4n) is 4.15. The number of nitrogens with zero attached hydrogens (tertiary/aromatic N) is 2. The number of likely N-dealkylation sites (tertiary alicyclic amines) is 1. The third kappa shape index (κ3) is 4.67. The number of piperazine rings is 1. The lowest BCUT2D eigenvalue weighted by atomic mass is 10.0. The van der Waals surface area contributed by atoms with E-state index in [4.69, 9.17) is 0 Å². The molecule has 1 saturated carbocycles. The Morgan fingerprint density at radius 2 is 1.78 bits per heavy atom. The Labute approximate surface area is 139 Å². The van der Waals surface area contributed by atoms with Crippen LogP contribution >= 0.6 is 0 Å². The van der Waals surface area contributed by atoms with Crippen LogP contribution in [-0.2, 0) is 9.59 Å². The average molecular weight is 322 g/mol. The van der Waals surface area contributed by atoms with Crippen molar-refractivity contribution in [1.82, 2.24) is 20.4 Å². The van der Waals surface area contributed by atoms with Gasteiger partial charge in [0.15, 0.2) is 0 Å². The number of amides is 2. The van der Waals surface area contributed by atoms with Gasteiger partial charge >= 0.3 is 0 Å². The fourth-order valence-corrected chi connectivity index (χ4v) is 4.15. The molecule has 3 rings (SSSR count). The molecule has 1 unspecified atom stereocenters. The maximum Gasteiger partial charge on any atom is 0.242 e. The molecule has 2 N–H and O–H groups in total. The van der Waals surface area contributed by atoms with Crippen molar-refractivity contribution in [3.05, 3.63) is 0 Å². The minimum atomic E-state index is 0.0445. The molecule has 130 valence electrons. The highest BCUT2D eigenvalue weighted by atomic mass is 16.2. The third-order valence-electron chi connectivity index (χ3n) is 5.57. The Kier molecular flexibility index (Phi) is 5.89. The summed E-state index contributed by atoms with van der Waals surface area (Å²) in [6.45, 7) is 6.04. The highest BCUT2D eigenvalue weighted by Crippen LogP contribution is 2.27. The van der Waals surface area contributed by atoms with Crippen LogP contribution in [0.3, 0.4) is 0 Å². The second-order valence-electron chi connectivity index (χ2n) is 7.20. The molecule has 6 nitrogen and oxygen atoms in total. The molecule has 1 aliphatic carbocycles. The van der Waals surface area contributed by atoms with Crippen LogP contribution in [0.2, 0.25) is 0 Å². The standard InChI is InChI=1S/C17H30N4O2/c22-16(11-14-3-1-2-4-14)19-12-17(23)21-8-5-15(13-21)20-9-6-18-7-10-20/h14-15,18H,1-13H2,(H,19,22). The Morgan fingerprint density at radius 1 is 1.04 bits per heavy atom. The minimum absolute atomic E-state index is 0.0445. The van der Waals surface area contributed by atoms with Gasteiger partial charge in [0.25, 0.3) is 0 Å². The lowest BCUT2D eigenvalue weighted by molar-refractivity contribution is -0.132. The zero-order valence-corrected chi connectivity index (χ0v) is 14.1. The molecule has 3 aliphatic rings. The maximum atomic E-state index is 12.3. The Hall–Kier alpha value is -1.14. The summed E-state index contributed by atoms with van der Waals surface area (Å²) in [7, 11) is 0. The smallest absolute Gasteiger partial charge is 0.242 e. The molecule has 0 radical (unpaired) electrons. The van der Waals surface area contributed by atoms with E-state index in [9.17, 15) is 9.59 Å². The lowest BCUT2D eigenvalue weighted by Crippen LogP contribution is -2.49. The van der Waals surface area contributed by atoms with Gasteiger partial charge in [-0.05, 0) is 25.2 Å². The number of rotatable bonds is 5. The molecule has 2 amide bonds. The van der Waals surface area contributed by atoms with Gasteiger partial charge in [0.05, 0.1) is 6.54 Å². The first-order valence-electron chi connectivity index (χ1n) is 9.21. The van der Waals surface area contributed by atoms with Gasteiger partial charge in [-0.2, -0.15) is 0 Å². The van der Waals surface area contributed by atoms with Crippen LogP contribution in [0.5, 0.6) is 0 Å². The van der Waals surface area contributed by atoms with E-state index in [1.165, 1.54) is 25.7 Å². The van der Waals surface area contributed by atoms with E-state index < -0.39 is 0 Å². The van der Waals surface area contributed by atoms with Crippen LogP contribution in [0.1, 0.15) is 38.5 Å². The molecule has 6 heteroatoms. The first kappa shape index (κ1) is 16.7. The van der Waals surface area contributed by atoms with E-state index in [1.807, 2.05) is 4.90 Å². The van der Waals surface area contributed by atoms with E-state index in [0.717, 1.165) is 45.7 Å². The van der Waals surface area contributed by atoms with Crippen LogP contribution in [0.25, 0.3) is 0 Å². The van der Waals surface area contributed by atoms with Crippen molar-refractivity contribution in [2.24, 2.45) is 5.92 Å². The van der Waals surface area contributed by atoms with E-state index in [2.05, 4.69) is 15.5 Å². The Balaban J connectivity index is 1.36. The van der Waals surface area contributed by atoms with Crippen molar-refractivity contribution in [2.75, 3.05) is 45.8 Å². The quantitative estimate of drug-likeness (QED) is 0.758. The molecule has 0 aromatic carbocycles. The molecule has 2 aliphatic heterocycles. The Morgan fingerprint density at radius 3 is 2.52 bits per heavy atom. The van der Waals surface area contributed by atoms with Gasteiger partial charge in [-0.25, -0.2) is 0 Å². The zero-order valence-electron chi connectivity index (χ0n) is 14.1. The lowest BCUT2D eigenvalue weighted by Gasteiger charge is -2.32. The van der Waals surface area contributed by atoms with Gasteiger partial charge in [0, 0.05) is 51.7 Å². The number of hydrogen-bond acceptors (Lipinski definition) is 4. The van der Waals surface area contributed by atoms with Crippen molar-refractivity contribution in [2.45, 2.75) is 44.6 Å². The molecule has 2 saturated heterocycles. The first-order chi connectivity index (χ1) is 11.2. The minimum Gasteiger partial charge on any atom is -0.347 e. The predicted octanol–water partition coefficient (Wildman–Crippen LogP) is 0.189. The first-order valence-corrected chi connectivity index (χ1v) is 9.21. The van der Waals surface area contributed by atoms with Gasteiger partial charge in [-0.1, -0.05) is 12.8 Å². The molecule has 0 bridgehead atoms. The van der Waals surface area contributed by atoms with Gasteiger partial charge in [-0.15, -0.1) is 0 Å². The SMILES string of the molecule is O=C(CC1CCCC1)NCC(=O)N1CCC(N2CCNCC2)C1. The normalized spacial score (nSPS) is 26.6. The summed E-state index contributed by atoms with van der Waals surface area (Å²) in [4.78, 5) is 28.6. The Bertz CT molecular complexity index is 417. The molecule has 3 fully saturated rings. The molecule has 23 heavy (non-hydrogen) atoms. The largest absolute Gasteiger partial charge is 0.347 e. The third-order valence-corrected chi connectivity index (χ3v) is 5.57. The number of hydrogen-bond donors (Lipinski definition) is 2. The van der Waals surface area contributed by atoms with E-state index in [1.54, 1.807) is 0 Å². The second kappa shape index (κ2) is 8.11. The van der Waals surface area contributed by atoms with Gasteiger partial charge in [0.2, 0.25) is 11.8 Å². The van der Waals surface area contributed by atoms with Crippen molar-refractivity contribution in [3.63, 3.8) is 0 Å². The van der Waals surface area contributed by atoms with Crippen LogP contribution in [0, 0.1) is 5.92 Å². The molecule has 1 atom stereocenters. The maximum absolute atomic E-state index is 12.3. The van der Waals surface area contributed by atoms with Gasteiger partial charge in [0.1, 0.15) is 0 Å². The van der Waals surface area contributed by atoms with E-state index in [0.29, 0.717) is 18.4 Å². The van der Waals surface area contributed by atoms with Crippen molar-refractivity contribution >= 4 is 11.8 Å². The summed E-state index contributed by atoms with van der Waals surface area (Å²) in [5.74, 6) is 0.652. The summed E-state index contributed by atoms with van der Waals surface area (Å²) in [5.41, 5.74) is 0. The summed E-state index contributed by atoms with van der Waals surface area (Å²) < 4.78 is 0. The monoisotopic (exact) mass is 322 g/mol. The van der Waals surface area contributed by atoms with Crippen LogP contribution in [0.15, 0.2) is 0 Å². The predicted molar refractivity (Wildman–Crippen MR) is 89.0 cm³/mol. The van der Waals surface area contributed by atoms with Crippen LogP contribution < -0.4 is 10.6 Å². The summed E-state index contributed by atoms with van der Waals surface area (Å²) >= 11 is 0. The highest BCUT2D eigenvalue weighted by Gasteiger charge is 2.30. The van der Waals surface area contributed by atoms with Crippen molar-refractivity contribution in [3.8, 4) is 0 Å². The van der Waals surface area contributed by atoms with Crippen molar-refractivity contribution < 1.29 is 9.59 Å². The molecular weight excluding hydrogens is 292 g/mol. The number of nitrogens with one attached hydrogen (secondary N) is 2. The molecule has 2 heterocycles. The zero-order chi connectivity index (χ0) is 16.1. The van der Waals surface area contributed by atoms with Gasteiger partial charge < -0.3 is 15.5 Å². The topological polar surface area (TPSA) is 64.7 Å². The van der Waals surface area contributed by atoms with E-state index in [-0.39, 0.29) is 18.4 Å².